The minimum atomic E-state index is -0.803. The molecule has 3 aromatic rings. The molecule has 0 aliphatic rings. The highest BCUT2D eigenvalue weighted by Gasteiger charge is 2.19. The van der Waals surface area contributed by atoms with E-state index in [0.717, 1.165) is 12.1 Å². The van der Waals surface area contributed by atoms with Gasteiger partial charge in [0.15, 0.2) is 6.61 Å². The fourth-order valence-corrected chi connectivity index (χ4v) is 2.74. The molecule has 7 heteroatoms. The van der Waals surface area contributed by atoms with Crippen molar-refractivity contribution in [2.45, 2.75) is 0 Å². The molecule has 0 aliphatic heterocycles. The Morgan fingerprint density at radius 1 is 0.900 bits per heavy atom. The van der Waals surface area contributed by atoms with Gasteiger partial charge in [0.25, 0.3) is 5.91 Å². The highest BCUT2D eigenvalue weighted by molar-refractivity contribution is 6.08. The molecule has 6 nitrogen and oxygen atoms in total. The van der Waals surface area contributed by atoms with E-state index in [1.54, 1.807) is 48.5 Å². The molecule has 0 fully saturated rings. The molecule has 0 spiro atoms. The van der Waals surface area contributed by atoms with E-state index in [1.807, 2.05) is 0 Å². The monoisotopic (exact) mass is 407 g/mol. The third kappa shape index (κ3) is 4.88. The summed E-state index contributed by atoms with van der Waals surface area (Å²) in [5.41, 5.74) is 0.720. The van der Waals surface area contributed by atoms with E-state index in [0.29, 0.717) is 5.56 Å². The van der Waals surface area contributed by atoms with Crippen LogP contribution in [-0.4, -0.2) is 31.4 Å². The number of ether oxygens (including phenoxy) is 2. The summed E-state index contributed by atoms with van der Waals surface area (Å²) in [6.45, 7) is -0.611. The maximum Gasteiger partial charge on any atom is 0.340 e. The number of methoxy groups -OCH3 is 1. The number of para-hydroxylation sites is 1. The van der Waals surface area contributed by atoms with Gasteiger partial charge in [-0.05, 0) is 42.5 Å². The first-order valence-electron chi connectivity index (χ1n) is 8.99. The lowest BCUT2D eigenvalue weighted by molar-refractivity contribution is 0.0475. The number of hydrogen-bond donors (Lipinski definition) is 1. The number of anilines is 1. The summed E-state index contributed by atoms with van der Waals surface area (Å²) in [7, 11) is 1.35. The van der Waals surface area contributed by atoms with Crippen LogP contribution in [0.25, 0.3) is 0 Å². The van der Waals surface area contributed by atoms with Gasteiger partial charge >= 0.3 is 5.97 Å². The fourth-order valence-electron chi connectivity index (χ4n) is 2.74. The van der Waals surface area contributed by atoms with E-state index in [1.165, 1.54) is 19.2 Å². The van der Waals surface area contributed by atoms with Gasteiger partial charge < -0.3 is 14.8 Å². The van der Waals surface area contributed by atoms with Gasteiger partial charge in [0.05, 0.1) is 23.9 Å². The number of carbonyl (C=O) groups excluding carboxylic acids is 3. The Bertz CT molecular complexity index is 1080. The Labute approximate surface area is 172 Å². The fraction of sp³-hybridized carbons (Fsp3) is 0.0870. The largest absolute Gasteiger partial charge is 0.496 e. The molecular weight excluding hydrogens is 389 g/mol. The van der Waals surface area contributed by atoms with Crippen molar-refractivity contribution in [1.29, 1.82) is 0 Å². The molecule has 0 unspecified atom stereocenters. The number of ketones is 1. The number of Topliss-reactive ketones (excluding diaryl/α,β-unsaturated/α-hetero) is 1. The van der Waals surface area contributed by atoms with Gasteiger partial charge in [-0.3, -0.25) is 9.59 Å². The summed E-state index contributed by atoms with van der Waals surface area (Å²) in [6.07, 6.45) is 0. The molecule has 3 rings (SSSR count). The summed E-state index contributed by atoms with van der Waals surface area (Å²) < 4.78 is 23.6. The molecule has 0 bridgehead atoms. The second kappa shape index (κ2) is 9.47. The minimum absolute atomic E-state index is 0.0315. The molecule has 0 saturated heterocycles. The number of hydrogen-bond acceptors (Lipinski definition) is 5. The maximum absolute atomic E-state index is 13.5. The van der Waals surface area contributed by atoms with Crippen molar-refractivity contribution in [1.82, 2.24) is 0 Å². The zero-order valence-corrected chi connectivity index (χ0v) is 16.1. The van der Waals surface area contributed by atoms with Gasteiger partial charge in [-0.2, -0.15) is 0 Å². The van der Waals surface area contributed by atoms with Crippen molar-refractivity contribution < 1.29 is 28.2 Å². The molecule has 1 N–H and O–H groups in total. The van der Waals surface area contributed by atoms with E-state index >= 15 is 0 Å². The van der Waals surface area contributed by atoms with Crippen molar-refractivity contribution in [3.05, 3.63) is 95.3 Å². The Balaban J connectivity index is 1.71. The smallest absolute Gasteiger partial charge is 0.340 e. The highest BCUT2D eigenvalue weighted by atomic mass is 19.1. The molecule has 0 saturated carbocycles. The molecule has 0 atom stereocenters. The number of amides is 1. The van der Waals surface area contributed by atoms with Gasteiger partial charge in [0.1, 0.15) is 11.6 Å². The summed E-state index contributed by atoms with van der Waals surface area (Å²) in [4.78, 5) is 37.3. The Morgan fingerprint density at radius 3 is 2.33 bits per heavy atom. The van der Waals surface area contributed by atoms with Gasteiger partial charge in [-0.1, -0.05) is 30.3 Å². The molecule has 1 amide bonds. The van der Waals surface area contributed by atoms with Crippen molar-refractivity contribution in [2.24, 2.45) is 0 Å². The second-order valence-electron chi connectivity index (χ2n) is 6.21. The number of carbonyl (C=O) groups is 3. The first-order chi connectivity index (χ1) is 14.5. The lowest BCUT2D eigenvalue weighted by Crippen LogP contribution is -2.18. The van der Waals surface area contributed by atoms with Crippen LogP contribution in [0.4, 0.5) is 10.1 Å². The topological polar surface area (TPSA) is 81.7 Å². The van der Waals surface area contributed by atoms with E-state index in [2.05, 4.69) is 5.32 Å². The van der Waals surface area contributed by atoms with Crippen LogP contribution in [0.5, 0.6) is 5.75 Å². The van der Waals surface area contributed by atoms with E-state index in [-0.39, 0.29) is 22.6 Å². The molecule has 0 radical (unpaired) electrons. The molecular formula is C23H18FNO5. The lowest BCUT2D eigenvalue weighted by atomic mass is 10.1. The number of halogens is 1. The quantitative estimate of drug-likeness (QED) is 0.471. The van der Waals surface area contributed by atoms with Crippen LogP contribution in [0.15, 0.2) is 72.8 Å². The summed E-state index contributed by atoms with van der Waals surface area (Å²) in [6, 6.07) is 18.3. The summed E-state index contributed by atoms with van der Waals surface area (Å²) in [5.74, 6) is -2.25. The second-order valence-corrected chi connectivity index (χ2v) is 6.21. The van der Waals surface area contributed by atoms with Crippen molar-refractivity contribution in [2.75, 3.05) is 19.0 Å². The van der Waals surface area contributed by atoms with E-state index in [4.69, 9.17) is 9.47 Å². The molecule has 152 valence electrons. The van der Waals surface area contributed by atoms with E-state index in [9.17, 15) is 18.8 Å². The predicted octanol–water partition coefficient (Wildman–Crippen LogP) is 4.13. The van der Waals surface area contributed by atoms with Crippen LogP contribution in [-0.2, 0) is 4.74 Å². The zero-order valence-electron chi connectivity index (χ0n) is 16.1. The van der Waals surface area contributed by atoms with Crippen LogP contribution in [0, 0.1) is 5.82 Å². The first-order valence-corrected chi connectivity index (χ1v) is 8.99. The Morgan fingerprint density at radius 2 is 1.60 bits per heavy atom. The normalized spacial score (nSPS) is 10.2. The third-order valence-electron chi connectivity index (χ3n) is 4.23. The van der Waals surface area contributed by atoms with Crippen molar-refractivity contribution in [3.63, 3.8) is 0 Å². The molecule has 0 aliphatic carbocycles. The third-order valence-corrected chi connectivity index (χ3v) is 4.23. The van der Waals surface area contributed by atoms with E-state index < -0.39 is 30.1 Å². The standard InChI is InChI=1S/C23H18FNO5/c1-29-21-12-11-16(24)13-18(21)20(26)14-30-23(28)17-9-5-6-10-19(17)25-22(27)15-7-3-2-4-8-15/h2-13H,14H2,1H3,(H,25,27). The van der Waals surface area contributed by atoms with Crippen LogP contribution in [0.1, 0.15) is 31.1 Å². The molecule has 30 heavy (non-hydrogen) atoms. The molecule has 3 aromatic carbocycles. The van der Waals surface area contributed by atoms with Crippen LogP contribution < -0.4 is 10.1 Å². The number of benzene rings is 3. The number of nitrogens with one attached hydrogen (secondary N) is 1. The van der Waals surface area contributed by atoms with Gasteiger partial charge in [0, 0.05) is 5.56 Å². The SMILES string of the molecule is COc1ccc(F)cc1C(=O)COC(=O)c1ccccc1NC(=O)c1ccccc1. The molecule has 0 heterocycles. The van der Waals surface area contributed by atoms with Gasteiger partial charge in [-0.15, -0.1) is 0 Å². The van der Waals surface area contributed by atoms with Crippen LogP contribution >= 0.6 is 0 Å². The minimum Gasteiger partial charge on any atom is -0.496 e. The lowest BCUT2D eigenvalue weighted by Gasteiger charge is -2.11. The number of rotatable bonds is 7. The van der Waals surface area contributed by atoms with Crippen molar-refractivity contribution in [3.8, 4) is 5.75 Å². The first kappa shape index (κ1) is 20.7. The Kier molecular flexibility index (Phi) is 6.54. The summed E-state index contributed by atoms with van der Waals surface area (Å²) >= 11 is 0. The summed E-state index contributed by atoms with van der Waals surface area (Å²) in [5, 5.41) is 2.66. The van der Waals surface area contributed by atoms with Gasteiger partial charge in [-0.25, -0.2) is 9.18 Å². The predicted molar refractivity (Wildman–Crippen MR) is 108 cm³/mol. The van der Waals surface area contributed by atoms with Gasteiger partial charge in [0.2, 0.25) is 5.78 Å². The molecule has 0 aromatic heterocycles. The average molecular weight is 407 g/mol. The number of esters is 1. The highest BCUT2D eigenvalue weighted by Crippen LogP contribution is 2.21. The van der Waals surface area contributed by atoms with Crippen LogP contribution in [0.3, 0.4) is 0 Å². The zero-order chi connectivity index (χ0) is 21.5. The maximum atomic E-state index is 13.5. The Hall–Kier alpha value is -4.00. The van der Waals surface area contributed by atoms with Crippen LogP contribution in [0.2, 0.25) is 0 Å². The average Bonchev–Trinajstić information content (AvgIpc) is 2.78. The van der Waals surface area contributed by atoms with Crippen molar-refractivity contribution >= 4 is 23.3 Å².